The summed E-state index contributed by atoms with van der Waals surface area (Å²) in [4.78, 5) is 4.15. The molecule has 34 heavy (non-hydrogen) atoms. The number of piperidine rings is 3. The van der Waals surface area contributed by atoms with Crippen molar-refractivity contribution in [1.82, 2.24) is 10.2 Å². The number of thioether (sulfide) groups is 1. The van der Waals surface area contributed by atoms with Crippen molar-refractivity contribution < 1.29 is 4.74 Å². The predicted molar refractivity (Wildman–Crippen MR) is 144 cm³/mol. The van der Waals surface area contributed by atoms with Crippen LogP contribution in [0.5, 0.6) is 0 Å². The number of hydrogen-bond donors (Lipinski definition) is 1. The highest BCUT2D eigenvalue weighted by atomic mass is 32.2. The summed E-state index contributed by atoms with van der Waals surface area (Å²) in [6.45, 7) is 8.02. The van der Waals surface area contributed by atoms with Crippen LogP contribution >= 0.6 is 11.8 Å². The summed E-state index contributed by atoms with van der Waals surface area (Å²) in [6, 6.07) is 23.4. The van der Waals surface area contributed by atoms with E-state index in [1.165, 1.54) is 42.0 Å². The number of allylic oxidation sites excluding steroid dienone is 1. The van der Waals surface area contributed by atoms with Crippen LogP contribution in [0.4, 0.5) is 0 Å². The lowest BCUT2D eigenvalue weighted by Crippen LogP contribution is -2.64. The molecule has 2 bridgehead atoms. The van der Waals surface area contributed by atoms with Gasteiger partial charge in [-0.1, -0.05) is 92.3 Å². The molecule has 0 radical (unpaired) electrons. The van der Waals surface area contributed by atoms with Gasteiger partial charge in [-0.25, -0.2) is 0 Å². The molecule has 3 atom stereocenters. The maximum absolute atomic E-state index is 6.10. The van der Waals surface area contributed by atoms with Gasteiger partial charge in [-0.2, -0.15) is 0 Å². The molecule has 182 valence electrons. The second-order valence-electron chi connectivity index (χ2n) is 10.6. The molecule has 1 N–H and O–H groups in total. The third-order valence-corrected chi connectivity index (χ3v) is 10.1. The summed E-state index contributed by atoms with van der Waals surface area (Å²) in [5, 5.41) is 4.10. The van der Waals surface area contributed by atoms with Crippen molar-refractivity contribution in [3.63, 3.8) is 0 Å². The number of rotatable bonds is 9. The second-order valence-corrected chi connectivity index (χ2v) is 12.0. The second kappa shape index (κ2) is 10.6. The molecule has 2 aromatic rings. The van der Waals surface area contributed by atoms with Crippen LogP contribution in [-0.4, -0.2) is 48.7 Å². The molecule has 0 spiro atoms. The molecule has 3 nitrogen and oxygen atoms in total. The van der Waals surface area contributed by atoms with E-state index in [0.717, 1.165) is 25.3 Å². The standard InChI is InChI=1S/C30H40N2OS/c1-22(2)26-14-17-30(33-3,34-26)18-19-31-28-25-15-20-32(21-16-25)29(28)27(23-10-6-4-7-11-23)24-12-8-5-9-13-24/h4-14,22,25,27-29,31H,15-21H2,1-3H3/t28-,29+,30?/m0/s1. The van der Waals surface area contributed by atoms with Crippen LogP contribution in [0.15, 0.2) is 71.6 Å². The first-order chi connectivity index (χ1) is 16.6. The molecular formula is C30H40N2OS. The highest BCUT2D eigenvalue weighted by Gasteiger charge is 2.46. The van der Waals surface area contributed by atoms with Crippen molar-refractivity contribution in [2.45, 2.75) is 62.5 Å². The average Bonchev–Trinajstić information content (AvgIpc) is 3.32. The number of fused-ring (bicyclic) bond motifs is 3. The number of methoxy groups -OCH3 is 1. The fourth-order valence-corrected chi connectivity index (χ4v) is 7.70. The van der Waals surface area contributed by atoms with E-state index in [4.69, 9.17) is 4.74 Å². The zero-order valence-corrected chi connectivity index (χ0v) is 21.8. The molecule has 6 rings (SSSR count). The Kier molecular flexibility index (Phi) is 7.50. The van der Waals surface area contributed by atoms with Gasteiger partial charge in [0, 0.05) is 31.5 Å². The Labute approximate surface area is 210 Å². The normalized spacial score (nSPS) is 30.8. The van der Waals surface area contributed by atoms with Gasteiger partial charge in [-0.15, -0.1) is 0 Å². The van der Waals surface area contributed by atoms with Gasteiger partial charge in [0.2, 0.25) is 0 Å². The monoisotopic (exact) mass is 476 g/mol. The summed E-state index contributed by atoms with van der Waals surface area (Å²) >= 11 is 1.96. The van der Waals surface area contributed by atoms with Crippen molar-refractivity contribution in [1.29, 1.82) is 0 Å². The van der Waals surface area contributed by atoms with Gasteiger partial charge in [0.25, 0.3) is 0 Å². The van der Waals surface area contributed by atoms with E-state index in [-0.39, 0.29) is 4.93 Å². The van der Waals surface area contributed by atoms with Crippen LogP contribution in [0.3, 0.4) is 0 Å². The Hall–Kier alpha value is -1.59. The molecule has 0 aromatic heterocycles. The zero-order chi connectivity index (χ0) is 23.5. The number of ether oxygens (including phenoxy) is 1. The minimum Gasteiger partial charge on any atom is -0.367 e. The van der Waals surface area contributed by atoms with Crippen LogP contribution in [0, 0.1) is 11.8 Å². The van der Waals surface area contributed by atoms with Crippen LogP contribution < -0.4 is 5.32 Å². The van der Waals surface area contributed by atoms with Crippen LogP contribution in [0.2, 0.25) is 0 Å². The molecule has 3 fully saturated rings. The lowest BCUT2D eigenvalue weighted by molar-refractivity contribution is 0.00215. The lowest BCUT2D eigenvalue weighted by atomic mass is 9.70. The van der Waals surface area contributed by atoms with Gasteiger partial charge in [0.1, 0.15) is 4.93 Å². The number of benzene rings is 2. The summed E-state index contributed by atoms with van der Waals surface area (Å²) in [6.07, 6.45) is 7.08. The van der Waals surface area contributed by atoms with Crippen LogP contribution in [-0.2, 0) is 4.74 Å². The van der Waals surface area contributed by atoms with Crippen LogP contribution in [0.25, 0.3) is 0 Å². The maximum atomic E-state index is 6.10. The van der Waals surface area contributed by atoms with E-state index in [1.807, 2.05) is 18.9 Å². The highest BCUT2D eigenvalue weighted by molar-refractivity contribution is 8.04. The quantitative estimate of drug-likeness (QED) is 0.460. The summed E-state index contributed by atoms with van der Waals surface area (Å²) in [5.41, 5.74) is 2.87. The predicted octanol–water partition coefficient (Wildman–Crippen LogP) is 6.28. The first kappa shape index (κ1) is 24.1. The fourth-order valence-electron chi connectivity index (χ4n) is 6.41. The summed E-state index contributed by atoms with van der Waals surface area (Å²) in [5.74, 6) is 1.72. The molecule has 4 aliphatic rings. The largest absolute Gasteiger partial charge is 0.367 e. The van der Waals surface area contributed by atoms with Gasteiger partial charge in [0.05, 0.1) is 0 Å². The van der Waals surface area contributed by atoms with Crippen molar-refractivity contribution >= 4 is 11.8 Å². The number of nitrogens with zero attached hydrogens (tertiary/aromatic N) is 1. The van der Waals surface area contributed by atoms with E-state index in [2.05, 4.69) is 90.8 Å². The highest BCUT2D eigenvalue weighted by Crippen LogP contribution is 2.48. The van der Waals surface area contributed by atoms with Gasteiger partial charge in [-0.3, -0.25) is 4.90 Å². The topological polar surface area (TPSA) is 24.5 Å². The van der Waals surface area contributed by atoms with Crippen molar-refractivity contribution in [3.8, 4) is 0 Å². The van der Waals surface area contributed by atoms with Gasteiger partial charge in [-0.05, 0) is 66.8 Å². The Morgan fingerprint density at radius 3 is 2.15 bits per heavy atom. The Morgan fingerprint density at radius 1 is 1.00 bits per heavy atom. The summed E-state index contributed by atoms with van der Waals surface area (Å²) in [7, 11) is 1.89. The average molecular weight is 477 g/mol. The molecular weight excluding hydrogens is 436 g/mol. The fraction of sp³-hybridized carbons (Fsp3) is 0.533. The Morgan fingerprint density at radius 2 is 1.62 bits per heavy atom. The minimum absolute atomic E-state index is 0.103. The molecule has 0 amide bonds. The third-order valence-electron chi connectivity index (χ3n) is 8.28. The van der Waals surface area contributed by atoms with Crippen molar-refractivity contribution in [2.75, 3.05) is 26.7 Å². The molecule has 3 saturated heterocycles. The van der Waals surface area contributed by atoms with Gasteiger partial charge < -0.3 is 10.1 Å². The number of hydrogen-bond acceptors (Lipinski definition) is 4. The van der Waals surface area contributed by atoms with Gasteiger partial charge >= 0.3 is 0 Å². The molecule has 1 unspecified atom stereocenters. The molecule has 0 saturated carbocycles. The first-order valence-corrected chi connectivity index (χ1v) is 13.9. The van der Waals surface area contributed by atoms with E-state index in [9.17, 15) is 0 Å². The van der Waals surface area contributed by atoms with E-state index < -0.39 is 0 Å². The SMILES string of the molecule is COC1(CCN[C@H]2C3CCN(CC3)[C@@H]2C(c2ccccc2)c2ccccc2)CC=C(C(C)C)S1. The van der Waals surface area contributed by atoms with E-state index in [0.29, 0.717) is 23.9 Å². The zero-order valence-electron chi connectivity index (χ0n) is 21.0. The molecule has 4 heteroatoms. The maximum Gasteiger partial charge on any atom is 0.122 e. The smallest absolute Gasteiger partial charge is 0.122 e. The van der Waals surface area contributed by atoms with E-state index in [1.54, 1.807) is 0 Å². The van der Waals surface area contributed by atoms with Gasteiger partial charge in [0.15, 0.2) is 0 Å². The van der Waals surface area contributed by atoms with E-state index >= 15 is 0 Å². The molecule has 4 heterocycles. The number of nitrogens with one attached hydrogen (secondary N) is 1. The molecule has 2 aromatic carbocycles. The van der Waals surface area contributed by atoms with Crippen molar-refractivity contribution in [2.24, 2.45) is 11.8 Å². The Bertz CT molecular complexity index is 915. The van der Waals surface area contributed by atoms with Crippen LogP contribution in [0.1, 0.15) is 56.6 Å². The lowest BCUT2D eigenvalue weighted by Gasteiger charge is -2.54. The van der Waals surface area contributed by atoms with Crippen molar-refractivity contribution in [3.05, 3.63) is 82.8 Å². The minimum atomic E-state index is -0.103. The Balaban J connectivity index is 1.37. The molecule has 4 aliphatic heterocycles. The first-order valence-electron chi connectivity index (χ1n) is 13.1. The molecule has 0 aliphatic carbocycles. The summed E-state index contributed by atoms with van der Waals surface area (Å²) < 4.78 is 6.10. The third kappa shape index (κ3) is 4.88.